The lowest BCUT2D eigenvalue weighted by molar-refractivity contribution is 0.130. The highest BCUT2D eigenvalue weighted by Crippen LogP contribution is 2.24. The van der Waals surface area contributed by atoms with Crippen molar-refractivity contribution in [2.75, 3.05) is 27.0 Å². The van der Waals surface area contributed by atoms with Crippen molar-refractivity contribution in [3.8, 4) is 0 Å². The number of rotatable bonds is 2. The summed E-state index contributed by atoms with van der Waals surface area (Å²) in [6, 6.07) is 0. The van der Waals surface area contributed by atoms with Crippen molar-refractivity contribution in [1.29, 1.82) is 0 Å². The van der Waals surface area contributed by atoms with E-state index in [0.717, 1.165) is 18.0 Å². The van der Waals surface area contributed by atoms with Crippen LogP contribution in [-0.4, -0.2) is 48.2 Å². The number of ether oxygens (including phenoxy) is 1. The van der Waals surface area contributed by atoms with Gasteiger partial charge in [0.15, 0.2) is 0 Å². The smallest absolute Gasteiger partial charge is 0.119 e. The van der Waals surface area contributed by atoms with Crippen LogP contribution in [0.15, 0.2) is 0 Å². The molecule has 12 heavy (non-hydrogen) atoms. The van der Waals surface area contributed by atoms with Crippen molar-refractivity contribution in [3.63, 3.8) is 0 Å². The van der Waals surface area contributed by atoms with Crippen LogP contribution in [0.5, 0.6) is 0 Å². The summed E-state index contributed by atoms with van der Waals surface area (Å²) in [6.45, 7) is 1.06. The van der Waals surface area contributed by atoms with Gasteiger partial charge in [-0.3, -0.25) is 0 Å². The Labute approximate surface area is 83.6 Å². The molecule has 1 aliphatic heterocycles. The highest BCUT2D eigenvalue weighted by molar-refractivity contribution is 7.99. The van der Waals surface area contributed by atoms with Gasteiger partial charge in [-0.2, -0.15) is 11.8 Å². The lowest BCUT2D eigenvalue weighted by atomic mass is 10.1. The van der Waals surface area contributed by atoms with E-state index >= 15 is 0 Å². The Bertz CT molecular complexity index is 174. The number of hydrogen-bond acceptors (Lipinski definition) is 3. The molecule has 1 saturated heterocycles. The third kappa shape index (κ3) is 1.92. The molecule has 2 atom stereocenters. The number of methoxy groups -OCH3 is 1. The molecule has 0 aromatic carbocycles. The highest BCUT2D eigenvalue weighted by atomic mass is 32.2. The van der Waals surface area contributed by atoms with Crippen LogP contribution in [0.3, 0.4) is 0 Å². The third-order valence-electron chi connectivity index (χ3n) is 2.26. The maximum absolute atomic E-state index is 5.37. The van der Waals surface area contributed by atoms with Crippen LogP contribution < -0.4 is 0 Å². The molecule has 0 bridgehead atoms. The average molecular weight is 205 g/mol. The SMILES string of the molecule is CO[C@@H]1C(=S)N(C)CC[C@H]1SC. The van der Waals surface area contributed by atoms with Crippen LogP contribution in [0.25, 0.3) is 0 Å². The predicted molar refractivity (Wildman–Crippen MR) is 57.9 cm³/mol. The number of thiocarbonyl (C=S) groups is 1. The number of nitrogens with zero attached hydrogens (tertiary/aromatic N) is 1. The summed E-state index contributed by atoms with van der Waals surface area (Å²) < 4.78 is 5.37. The molecular formula is C8H15NOS2. The second kappa shape index (κ2) is 4.44. The Morgan fingerprint density at radius 2 is 2.33 bits per heavy atom. The topological polar surface area (TPSA) is 12.5 Å². The molecule has 0 aliphatic carbocycles. The summed E-state index contributed by atoms with van der Waals surface area (Å²) in [5.41, 5.74) is 0. The van der Waals surface area contributed by atoms with Gasteiger partial charge in [0.1, 0.15) is 11.1 Å². The Kier molecular flexibility index (Phi) is 3.80. The molecular weight excluding hydrogens is 190 g/mol. The van der Waals surface area contributed by atoms with Crippen molar-refractivity contribution in [3.05, 3.63) is 0 Å². The zero-order chi connectivity index (χ0) is 9.14. The van der Waals surface area contributed by atoms with Gasteiger partial charge in [-0.25, -0.2) is 0 Å². The van der Waals surface area contributed by atoms with Crippen LogP contribution in [-0.2, 0) is 4.74 Å². The summed E-state index contributed by atoms with van der Waals surface area (Å²) >= 11 is 7.12. The van der Waals surface area contributed by atoms with E-state index in [2.05, 4.69) is 11.2 Å². The molecule has 2 nitrogen and oxygen atoms in total. The zero-order valence-corrected chi connectivity index (χ0v) is 9.37. The quantitative estimate of drug-likeness (QED) is 0.631. The summed E-state index contributed by atoms with van der Waals surface area (Å²) in [6.07, 6.45) is 3.41. The van der Waals surface area contributed by atoms with E-state index in [9.17, 15) is 0 Å². The zero-order valence-electron chi connectivity index (χ0n) is 7.74. The van der Waals surface area contributed by atoms with Gasteiger partial charge >= 0.3 is 0 Å². The fraction of sp³-hybridized carbons (Fsp3) is 0.875. The summed E-state index contributed by atoms with van der Waals surface area (Å²) in [5, 5.41) is 0.540. The minimum Gasteiger partial charge on any atom is -0.373 e. The fourth-order valence-electron chi connectivity index (χ4n) is 1.45. The molecule has 0 spiro atoms. The normalized spacial score (nSPS) is 30.9. The largest absolute Gasteiger partial charge is 0.373 e. The van der Waals surface area contributed by atoms with Gasteiger partial charge in [0.05, 0.1) is 0 Å². The predicted octanol–water partition coefficient (Wildman–Crippen LogP) is 1.40. The first-order valence-electron chi connectivity index (χ1n) is 4.01. The van der Waals surface area contributed by atoms with Crippen LogP contribution in [0, 0.1) is 0 Å². The molecule has 0 N–H and O–H groups in total. The molecule has 1 heterocycles. The molecule has 0 unspecified atom stereocenters. The molecule has 0 saturated carbocycles. The van der Waals surface area contributed by atoms with Crippen molar-refractivity contribution in [2.45, 2.75) is 17.8 Å². The lowest BCUT2D eigenvalue weighted by Crippen LogP contribution is -2.48. The fourth-order valence-corrected chi connectivity index (χ4v) is 2.72. The van der Waals surface area contributed by atoms with Gasteiger partial charge in [-0.05, 0) is 12.7 Å². The minimum absolute atomic E-state index is 0.133. The van der Waals surface area contributed by atoms with E-state index in [4.69, 9.17) is 17.0 Å². The standard InChI is InChI=1S/C8H15NOS2/c1-9-5-4-6(12-3)7(10-2)8(9)11/h6-7H,4-5H2,1-3H3/t6-,7+/m1/s1. The van der Waals surface area contributed by atoms with Crippen LogP contribution in [0.1, 0.15) is 6.42 Å². The van der Waals surface area contributed by atoms with Gasteiger partial charge in [-0.1, -0.05) is 12.2 Å². The Morgan fingerprint density at radius 1 is 1.67 bits per heavy atom. The maximum Gasteiger partial charge on any atom is 0.119 e. The van der Waals surface area contributed by atoms with E-state index < -0.39 is 0 Å². The Balaban J connectivity index is 2.65. The first-order chi connectivity index (χ1) is 5.70. The van der Waals surface area contributed by atoms with Crippen molar-refractivity contribution >= 4 is 29.0 Å². The van der Waals surface area contributed by atoms with Crippen LogP contribution >= 0.6 is 24.0 Å². The number of piperidine rings is 1. The second-order valence-electron chi connectivity index (χ2n) is 2.98. The summed E-state index contributed by atoms with van der Waals surface area (Å²) in [5.74, 6) is 0. The Hall–Kier alpha value is 0.200. The first kappa shape index (κ1) is 10.3. The Morgan fingerprint density at radius 3 is 2.83 bits per heavy atom. The van der Waals surface area contributed by atoms with Gasteiger partial charge in [0.25, 0.3) is 0 Å². The molecule has 1 rings (SSSR count). The number of thioether (sulfide) groups is 1. The molecule has 0 amide bonds. The van der Waals surface area contributed by atoms with Crippen LogP contribution in [0.2, 0.25) is 0 Å². The van der Waals surface area contributed by atoms with E-state index in [1.807, 2.05) is 18.8 Å². The van der Waals surface area contributed by atoms with E-state index in [0.29, 0.717) is 5.25 Å². The van der Waals surface area contributed by atoms with E-state index in [1.54, 1.807) is 7.11 Å². The molecule has 0 aromatic heterocycles. The van der Waals surface area contributed by atoms with Gasteiger partial charge in [0, 0.05) is 26.0 Å². The molecule has 0 radical (unpaired) electrons. The van der Waals surface area contributed by atoms with Gasteiger partial charge < -0.3 is 9.64 Å². The van der Waals surface area contributed by atoms with Crippen LogP contribution in [0.4, 0.5) is 0 Å². The van der Waals surface area contributed by atoms with E-state index in [1.165, 1.54) is 0 Å². The number of likely N-dealkylation sites (N-methyl/N-ethyl adjacent to an activating group) is 1. The third-order valence-corrected chi connectivity index (χ3v) is 3.90. The molecule has 1 aliphatic rings. The van der Waals surface area contributed by atoms with Crippen molar-refractivity contribution < 1.29 is 4.74 Å². The first-order valence-corrected chi connectivity index (χ1v) is 5.71. The monoisotopic (exact) mass is 205 g/mol. The molecule has 4 heteroatoms. The lowest BCUT2D eigenvalue weighted by Gasteiger charge is -2.36. The van der Waals surface area contributed by atoms with E-state index in [-0.39, 0.29) is 6.10 Å². The number of likely N-dealkylation sites (tertiary alicyclic amines) is 1. The second-order valence-corrected chi connectivity index (χ2v) is 4.47. The molecule has 1 fully saturated rings. The van der Waals surface area contributed by atoms with Crippen molar-refractivity contribution in [1.82, 2.24) is 4.90 Å². The average Bonchev–Trinajstić information content (AvgIpc) is 2.09. The molecule has 0 aromatic rings. The highest BCUT2D eigenvalue weighted by Gasteiger charge is 2.31. The maximum atomic E-state index is 5.37. The summed E-state index contributed by atoms with van der Waals surface area (Å²) in [4.78, 5) is 3.05. The van der Waals surface area contributed by atoms with Gasteiger partial charge in [0.2, 0.25) is 0 Å². The summed E-state index contributed by atoms with van der Waals surface area (Å²) in [7, 11) is 3.77. The number of hydrogen-bond donors (Lipinski definition) is 0. The minimum atomic E-state index is 0.133. The van der Waals surface area contributed by atoms with Gasteiger partial charge in [-0.15, -0.1) is 0 Å². The van der Waals surface area contributed by atoms with Crippen molar-refractivity contribution in [2.24, 2.45) is 0 Å². The molecule has 70 valence electrons.